The number of hydrogen-bond acceptors (Lipinski definition) is 5. The fraction of sp³-hybridized carbons (Fsp3) is 0.421. The van der Waals surface area contributed by atoms with Crippen LogP contribution in [0.3, 0.4) is 0 Å². The fourth-order valence-electron chi connectivity index (χ4n) is 3.35. The Hall–Kier alpha value is -2.29. The number of nitrogens with one attached hydrogen (secondary N) is 1. The summed E-state index contributed by atoms with van der Waals surface area (Å²) < 4.78 is 68.5. The van der Waals surface area contributed by atoms with Gasteiger partial charge in [-0.05, 0) is 38.3 Å². The first-order valence-electron chi connectivity index (χ1n) is 9.14. The van der Waals surface area contributed by atoms with E-state index in [2.05, 4.69) is 10.3 Å². The monoisotopic (exact) mass is 413 g/mol. The second kappa shape index (κ2) is 8.38. The lowest BCUT2D eigenvalue weighted by Crippen LogP contribution is -2.39. The van der Waals surface area contributed by atoms with Crippen LogP contribution < -0.4 is 10.2 Å². The van der Waals surface area contributed by atoms with E-state index in [1.807, 2.05) is 6.92 Å². The van der Waals surface area contributed by atoms with Crippen molar-refractivity contribution in [1.82, 2.24) is 4.98 Å². The van der Waals surface area contributed by atoms with Crippen LogP contribution in [0.25, 0.3) is 0 Å². The van der Waals surface area contributed by atoms with Gasteiger partial charge in [-0.3, -0.25) is 0 Å². The third-order valence-electron chi connectivity index (χ3n) is 4.84. The van der Waals surface area contributed by atoms with Crippen molar-refractivity contribution >= 4 is 21.3 Å². The number of piperidine rings is 1. The molecular formula is C19H22F3N3O2S. The Morgan fingerprint density at radius 3 is 2.54 bits per heavy atom. The van der Waals surface area contributed by atoms with Crippen LogP contribution in [0, 0.1) is 17.6 Å². The first-order valence-corrected chi connectivity index (χ1v) is 10.8. The highest BCUT2D eigenvalue weighted by Crippen LogP contribution is 2.31. The number of pyridine rings is 1. The van der Waals surface area contributed by atoms with E-state index in [1.165, 1.54) is 4.90 Å². The maximum atomic E-state index is 15.0. The molecule has 2 heterocycles. The number of rotatable bonds is 6. The van der Waals surface area contributed by atoms with Gasteiger partial charge in [0, 0.05) is 24.8 Å². The molecule has 1 saturated heterocycles. The molecule has 1 N–H and O–H groups in total. The molecule has 9 heteroatoms. The minimum atomic E-state index is -4.41. The molecule has 0 spiro atoms. The molecule has 1 fully saturated rings. The molecule has 1 aliphatic heterocycles. The summed E-state index contributed by atoms with van der Waals surface area (Å²) >= 11 is 0. The highest BCUT2D eigenvalue weighted by atomic mass is 32.2. The van der Waals surface area contributed by atoms with Crippen molar-refractivity contribution in [1.29, 1.82) is 0 Å². The molecule has 28 heavy (non-hydrogen) atoms. The standard InChI is InChI=1S/C19H22F3N3O2S/c1-13-7-5-6-11-25(13)19-16(21)17(15(20)18(22)24-19)28(26,27)12-10-23-14-8-3-2-4-9-14/h2-4,8-9,13,23H,5-7,10-12H2,1H3. The smallest absolute Gasteiger partial charge is 0.252 e. The quantitative estimate of drug-likeness (QED) is 0.731. The summed E-state index contributed by atoms with van der Waals surface area (Å²) in [6.07, 6.45) is 2.41. The number of benzene rings is 1. The largest absolute Gasteiger partial charge is 0.384 e. The van der Waals surface area contributed by atoms with Gasteiger partial charge in [0.25, 0.3) is 5.95 Å². The highest BCUT2D eigenvalue weighted by molar-refractivity contribution is 7.91. The summed E-state index contributed by atoms with van der Waals surface area (Å²) in [6, 6.07) is 8.65. The van der Waals surface area contributed by atoms with Crippen molar-refractivity contribution in [2.45, 2.75) is 37.1 Å². The molecule has 1 aromatic carbocycles. The van der Waals surface area contributed by atoms with Gasteiger partial charge in [-0.1, -0.05) is 18.2 Å². The molecule has 0 aliphatic carbocycles. The topological polar surface area (TPSA) is 62.3 Å². The Bertz CT molecular complexity index is 939. The molecule has 1 aliphatic rings. The minimum absolute atomic E-state index is 0.0788. The van der Waals surface area contributed by atoms with E-state index in [1.54, 1.807) is 30.3 Å². The number of hydrogen-bond donors (Lipinski definition) is 1. The molecule has 0 bridgehead atoms. The molecule has 0 saturated carbocycles. The Kier molecular flexibility index (Phi) is 6.12. The summed E-state index contributed by atoms with van der Waals surface area (Å²) in [5.74, 6) is -5.74. The van der Waals surface area contributed by atoms with Crippen LogP contribution in [-0.2, 0) is 9.84 Å². The zero-order valence-corrected chi connectivity index (χ0v) is 16.3. The normalized spacial score (nSPS) is 17.6. The van der Waals surface area contributed by atoms with Gasteiger partial charge >= 0.3 is 0 Å². The van der Waals surface area contributed by atoms with Gasteiger partial charge in [-0.2, -0.15) is 9.37 Å². The maximum Gasteiger partial charge on any atom is 0.252 e. The van der Waals surface area contributed by atoms with Crippen molar-refractivity contribution in [3.63, 3.8) is 0 Å². The van der Waals surface area contributed by atoms with E-state index in [0.717, 1.165) is 19.3 Å². The molecule has 0 amide bonds. The van der Waals surface area contributed by atoms with Crippen LogP contribution in [0.4, 0.5) is 24.7 Å². The van der Waals surface area contributed by atoms with Crippen LogP contribution >= 0.6 is 0 Å². The molecular weight excluding hydrogens is 391 g/mol. The SMILES string of the molecule is CC1CCCCN1c1nc(F)c(F)c(S(=O)(=O)CCNc2ccccc2)c1F. The molecule has 3 rings (SSSR count). The van der Waals surface area contributed by atoms with Crippen molar-refractivity contribution < 1.29 is 21.6 Å². The second-order valence-corrected chi connectivity index (χ2v) is 8.88. The van der Waals surface area contributed by atoms with Crippen molar-refractivity contribution in [2.24, 2.45) is 0 Å². The molecule has 0 radical (unpaired) electrons. The van der Waals surface area contributed by atoms with Gasteiger partial charge in [0.1, 0.15) is 4.90 Å². The Morgan fingerprint density at radius 2 is 1.86 bits per heavy atom. The predicted molar refractivity (Wildman–Crippen MR) is 102 cm³/mol. The number of aromatic nitrogens is 1. The van der Waals surface area contributed by atoms with Crippen molar-refractivity contribution in [2.75, 3.05) is 29.1 Å². The second-order valence-electron chi connectivity index (χ2n) is 6.83. The first kappa shape index (κ1) is 20.4. The predicted octanol–water partition coefficient (Wildman–Crippen LogP) is 3.76. The van der Waals surface area contributed by atoms with E-state index in [9.17, 15) is 17.2 Å². The van der Waals surface area contributed by atoms with Crippen molar-refractivity contribution in [3.05, 3.63) is 47.9 Å². The Labute approximate surface area is 162 Å². The number of sulfone groups is 1. The zero-order chi connectivity index (χ0) is 20.3. The lowest BCUT2D eigenvalue weighted by atomic mass is 10.0. The van der Waals surface area contributed by atoms with E-state index in [4.69, 9.17) is 0 Å². The van der Waals surface area contributed by atoms with Gasteiger partial charge in [0.2, 0.25) is 0 Å². The number of para-hydroxylation sites is 1. The molecule has 1 unspecified atom stereocenters. The summed E-state index contributed by atoms with van der Waals surface area (Å²) in [4.78, 5) is 3.63. The van der Waals surface area contributed by atoms with Gasteiger partial charge in [0.05, 0.1) is 5.75 Å². The average Bonchev–Trinajstić information content (AvgIpc) is 2.66. The molecule has 1 atom stereocenters. The lowest BCUT2D eigenvalue weighted by molar-refractivity contribution is 0.417. The fourth-order valence-corrected chi connectivity index (χ4v) is 4.64. The van der Waals surface area contributed by atoms with E-state index < -0.39 is 43.9 Å². The summed E-state index contributed by atoms with van der Waals surface area (Å²) in [5, 5.41) is 2.87. The van der Waals surface area contributed by atoms with Crippen LogP contribution in [0.5, 0.6) is 0 Å². The first-order chi connectivity index (χ1) is 13.3. The van der Waals surface area contributed by atoms with Crippen LogP contribution in [0.1, 0.15) is 26.2 Å². The van der Waals surface area contributed by atoms with Crippen molar-refractivity contribution in [3.8, 4) is 0 Å². The third kappa shape index (κ3) is 4.24. The lowest BCUT2D eigenvalue weighted by Gasteiger charge is -2.34. The molecule has 1 aromatic heterocycles. The Balaban J connectivity index is 1.89. The minimum Gasteiger partial charge on any atom is -0.384 e. The van der Waals surface area contributed by atoms with Gasteiger partial charge in [0.15, 0.2) is 27.3 Å². The number of nitrogens with zero attached hydrogens (tertiary/aromatic N) is 2. The molecule has 2 aromatic rings. The summed E-state index contributed by atoms with van der Waals surface area (Å²) in [7, 11) is -4.41. The van der Waals surface area contributed by atoms with E-state index >= 15 is 4.39 Å². The van der Waals surface area contributed by atoms with Gasteiger partial charge < -0.3 is 10.2 Å². The van der Waals surface area contributed by atoms with Crippen LogP contribution in [0.2, 0.25) is 0 Å². The van der Waals surface area contributed by atoms with Crippen LogP contribution in [-0.4, -0.2) is 38.3 Å². The molecule has 5 nitrogen and oxygen atoms in total. The number of anilines is 2. The number of halogens is 3. The Morgan fingerprint density at radius 1 is 1.14 bits per heavy atom. The van der Waals surface area contributed by atoms with Gasteiger partial charge in [-0.15, -0.1) is 0 Å². The van der Waals surface area contributed by atoms with Gasteiger partial charge in [-0.25, -0.2) is 17.2 Å². The third-order valence-corrected chi connectivity index (χ3v) is 6.56. The summed E-state index contributed by atoms with van der Waals surface area (Å²) in [5.41, 5.74) is 0.669. The van der Waals surface area contributed by atoms with Crippen LogP contribution in [0.15, 0.2) is 35.2 Å². The molecule has 152 valence electrons. The summed E-state index contributed by atoms with van der Waals surface area (Å²) in [6.45, 7) is 2.15. The van der Waals surface area contributed by atoms with E-state index in [-0.39, 0.29) is 12.6 Å². The maximum absolute atomic E-state index is 15.0. The highest BCUT2D eigenvalue weighted by Gasteiger charge is 2.33. The zero-order valence-electron chi connectivity index (χ0n) is 15.5. The van der Waals surface area contributed by atoms with E-state index in [0.29, 0.717) is 12.2 Å². The average molecular weight is 413 g/mol.